The van der Waals surface area contributed by atoms with E-state index in [-0.39, 0.29) is 0 Å². The third-order valence-corrected chi connectivity index (χ3v) is 6.79. The van der Waals surface area contributed by atoms with Gasteiger partial charge in [0.2, 0.25) is 0 Å². The summed E-state index contributed by atoms with van der Waals surface area (Å²) in [6.07, 6.45) is 5.34. The van der Waals surface area contributed by atoms with Crippen LogP contribution in [-0.4, -0.2) is 24.0 Å². The Morgan fingerprint density at radius 3 is 2.42 bits per heavy atom. The first-order valence-corrected chi connectivity index (χ1v) is 11.8. The van der Waals surface area contributed by atoms with Crippen LogP contribution in [0.25, 0.3) is 32.4 Å². The van der Waals surface area contributed by atoms with Gasteiger partial charge in [0, 0.05) is 11.6 Å². The van der Waals surface area contributed by atoms with Crippen LogP contribution >= 0.6 is 0 Å². The van der Waals surface area contributed by atoms with E-state index in [1.165, 1.54) is 44.5 Å². The summed E-state index contributed by atoms with van der Waals surface area (Å²) in [6.45, 7) is 1.57. The SMILES string of the molecule is c1ccc2c(c1)ccc1c3c(ccc12)C(C1=NCCO1)CCC3.c1ccc2ncccc2c1. The number of para-hydroxylation sites is 1. The molecule has 7 rings (SSSR count). The fourth-order valence-corrected chi connectivity index (χ4v) is 5.25. The highest BCUT2D eigenvalue weighted by molar-refractivity contribution is 6.09. The minimum absolute atomic E-state index is 0.358. The summed E-state index contributed by atoms with van der Waals surface area (Å²) in [4.78, 5) is 8.76. The summed E-state index contributed by atoms with van der Waals surface area (Å²) in [7, 11) is 0. The first-order chi connectivity index (χ1) is 16.4. The molecule has 0 radical (unpaired) electrons. The smallest absolute Gasteiger partial charge is 0.191 e. The highest BCUT2D eigenvalue weighted by Gasteiger charge is 2.28. The first-order valence-electron chi connectivity index (χ1n) is 11.8. The molecule has 162 valence electrons. The molecule has 5 aromatic rings. The van der Waals surface area contributed by atoms with Crippen LogP contribution in [-0.2, 0) is 11.2 Å². The van der Waals surface area contributed by atoms with Crippen LogP contribution in [0.3, 0.4) is 0 Å². The maximum absolute atomic E-state index is 5.78. The summed E-state index contributed by atoms with van der Waals surface area (Å²) in [5.41, 5.74) is 3.99. The summed E-state index contributed by atoms with van der Waals surface area (Å²) in [5, 5.41) is 6.64. The van der Waals surface area contributed by atoms with Gasteiger partial charge in [0.05, 0.1) is 18.0 Å². The van der Waals surface area contributed by atoms with Crippen LogP contribution in [0.15, 0.2) is 96.1 Å². The van der Waals surface area contributed by atoms with Gasteiger partial charge in [0.15, 0.2) is 5.90 Å². The monoisotopic (exact) mass is 430 g/mol. The van der Waals surface area contributed by atoms with Gasteiger partial charge in [-0.05, 0) is 64.1 Å². The molecular formula is C30H26N2O. The minimum Gasteiger partial charge on any atom is -0.479 e. The Labute approximate surface area is 193 Å². The number of aryl methyl sites for hydroxylation is 1. The van der Waals surface area contributed by atoms with E-state index < -0.39 is 0 Å². The van der Waals surface area contributed by atoms with E-state index in [2.05, 4.69) is 70.6 Å². The van der Waals surface area contributed by atoms with Crippen molar-refractivity contribution in [1.82, 2.24) is 4.98 Å². The third-order valence-electron chi connectivity index (χ3n) is 6.79. The second-order valence-electron chi connectivity index (χ2n) is 8.72. The van der Waals surface area contributed by atoms with E-state index in [9.17, 15) is 0 Å². The molecule has 3 heteroatoms. The Hall–Kier alpha value is -3.72. The number of aromatic nitrogens is 1. The highest BCUT2D eigenvalue weighted by atomic mass is 16.5. The Kier molecular flexibility index (Phi) is 5.23. The zero-order valence-electron chi connectivity index (χ0n) is 18.6. The van der Waals surface area contributed by atoms with Gasteiger partial charge in [-0.25, -0.2) is 0 Å². The molecule has 1 aromatic heterocycles. The Morgan fingerprint density at radius 2 is 1.55 bits per heavy atom. The lowest BCUT2D eigenvalue weighted by atomic mass is 9.80. The molecule has 1 unspecified atom stereocenters. The van der Waals surface area contributed by atoms with Crippen molar-refractivity contribution in [1.29, 1.82) is 0 Å². The lowest BCUT2D eigenvalue weighted by Gasteiger charge is -2.26. The van der Waals surface area contributed by atoms with Gasteiger partial charge in [-0.1, -0.05) is 72.8 Å². The summed E-state index contributed by atoms with van der Waals surface area (Å²) < 4.78 is 5.78. The molecule has 0 spiro atoms. The molecule has 33 heavy (non-hydrogen) atoms. The number of aliphatic imine (C=N–C) groups is 1. The van der Waals surface area contributed by atoms with Gasteiger partial charge in [0.1, 0.15) is 6.61 Å². The topological polar surface area (TPSA) is 34.5 Å². The fraction of sp³-hybridized carbons (Fsp3) is 0.200. The molecule has 3 nitrogen and oxygen atoms in total. The number of benzene rings is 4. The first kappa shape index (κ1) is 19.9. The lowest BCUT2D eigenvalue weighted by molar-refractivity contribution is 0.328. The summed E-state index contributed by atoms with van der Waals surface area (Å²) >= 11 is 0. The van der Waals surface area contributed by atoms with E-state index in [0.717, 1.165) is 37.4 Å². The molecule has 1 atom stereocenters. The van der Waals surface area contributed by atoms with Crippen LogP contribution in [0.4, 0.5) is 0 Å². The quantitative estimate of drug-likeness (QED) is 0.266. The molecule has 1 aliphatic heterocycles. The van der Waals surface area contributed by atoms with Crippen LogP contribution in [0, 0.1) is 0 Å². The molecular weight excluding hydrogens is 404 g/mol. The molecule has 0 saturated carbocycles. The molecule has 0 saturated heterocycles. The molecule has 1 aliphatic carbocycles. The van der Waals surface area contributed by atoms with Gasteiger partial charge in [-0.2, -0.15) is 0 Å². The molecule has 0 fully saturated rings. The number of hydrogen-bond donors (Lipinski definition) is 0. The third kappa shape index (κ3) is 3.74. The Morgan fingerprint density at radius 1 is 0.727 bits per heavy atom. The second-order valence-corrected chi connectivity index (χ2v) is 8.72. The number of fused-ring (bicyclic) bond motifs is 6. The summed E-state index contributed by atoms with van der Waals surface area (Å²) in [6, 6.07) is 29.9. The summed E-state index contributed by atoms with van der Waals surface area (Å²) in [5.74, 6) is 1.32. The van der Waals surface area contributed by atoms with Crippen molar-refractivity contribution >= 4 is 38.3 Å². The highest BCUT2D eigenvalue weighted by Crippen LogP contribution is 2.39. The van der Waals surface area contributed by atoms with E-state index in [1.807, 2.05) is 30.5 Å². The van der Waals surface area contributed by atoms with Crippen LogP contribution in [0.2, 0.25) is 0 Å². The number of pyridine rings is 1. The van der Waals surface area contributed by atoms with Crippen molar-refractivity contribution in [3.05, 3.63) is 102 Å². The fourth-order valence-electron chi connectivity index (χ4n) is 5.25. The van der Waals surface area contributed by atoms with Gasteiger partial charge >= 0.3 is 0 Å². The molecule has 2 heterocycles. The van der Waals surface area contributed by atoms with Gasteiger partial charge in [-0.15, -0.1) is 0 Å². The number of nitrogens with zero attached hydrogens (tertiary/aromatic N) is 2. The van der Waals surface area contributed by atoms with Crippen LogP contribution in [0.1, 0.15) is 29.9 Å². The Balaban J connectivity index is 0.000000173. The molecule has 4 aromatic carbocycles. The number of ether oxygens (including phenoxy) is 1. The largest absolute Gasteiger partial charge is 0.479 e. The van der Waals surface area contributed by atoms with E-state index in [4.69, 9.17) is 4.74 Å². The Bertz CT molecular complexity index is 1420. The predicted octanol–water partition coefficient (Wildman–Crippen LogP) is 7.08. The van der Waals surface area contributed by atoms with Crippen molar-refractivity contribution in [2.24, 2.45) is 4.99 Å². The lowest BCUT2D eigenvalue weighted by Crippen LogP contribution is -2.19. The van der Waals surface area contributed by atoms with Crippen molar-refractivity contribution in [3.8, 4) is 0 Å². The van der Waals surface area contributed by atoms with Crippen molar-refractivity contribution in [3.63, 3.8) is 0 Å². The standard InChI is InChI=1S/C21H19NO.C9H7N/c1-2-5-15-14(4-1)8-9-18-16-6-3-7-20(21-22-12-13-23-21)19(16)11-10-17(15)18;1-2-6-9-8(4-1)5-3-7-10-9/h1-2,4-5,8-11,20H,3,6-7,12-13H2;1-7H. The molecule has 0 bridgehead atoms. The van der Waals surface area contributed by atoms with E-state index in [0.29, 0.717) is 5.92 Å². The van der Waals surface area contributed by atoms with Crippen molar-refractivity contribution < 1.29 is 4.74 Å². The maximum Gasteiger partial charge on any atom is 0.191 e. The van der Waals surface area contributed by atoms with Crippen molar-refractivity contribution in [2.45, 2.75) is 25.2 Å². The zero-order chi connectivity index (χ0) is 22.0. The van der Waals surface area contributed by atoms with Crippen LogP contribution in [0.5, 0.6) is 0 Å². The maximum atomic E-state index is 5.78. The van der Waals surface area contributed by atoms with Gasteiger partial charge < -0.3 is 4.74 Å². The zero-order valence-corrected chi connectivity index (χ0v) is 18.6. The average Bonchev–Trinajstić information content (AvgIpc) is 3.43. The van der Waals surface area contributed by atoms with Crippen LogP contribution < -0.4 is 0 Å². The molecule has 2 aliphatic rings. The number of hydrogen-bond acceptors (Lipinski definition) is 3. The average molecular weight is 431 g/mol. The number of rotatable bonds is 1. The van der Waals surface area contributed by atoms with E-state index >= 15 is 0 Å². The normalized spacial score (nSPS) is 17.2. The van der Waals surface area contributed by atoms with E-state index in [1.54, 1.807) is 0 Å². The van der Waals surface area contributed by atoms with Gasteiger partial charge in [0.25, 0.3) is 0 Å². The second kappa shape index (κ2) is 8.67. The minimum atomic E-state index is 0.358. The predicted molar refractivity (Wildman–Crippen MR) is 137 cm³/mol. The molecule has 0 N–H and O–H groups in total. The van der Waals surface area contributed by atoms with Gasteiger partial charge in [-0.3, -0.25) is 9.98 Å². The van der Waals surface area contributed by atoms with Crippen molar-refractivity contribution in [2.75, 3.05) is 13.2 Å². The molecule has 0 amide bonds.